The maximum Gasteiger partial charge on any atom is 0.136 e. The normalized spacial score (nSPS) is 10.9. The number of benzene rings is 1. The largest absolute Gasteiger partial charge is 0.367 e. The first-order chi connectivity index (χ1) is 12.0. The van der Waals surface area contributed by atoms with Gasteiger partial charge in [0.2, 0.25) is 0 Å². The van der Waals surface area contributed by atoms with E-state index in [-0.39, 0.29) is 6.04 Å². The highest BCUT2D eigenvalue weighted by Gasteiger charge is 2.13. The van der Waals surface area contributed by atoms with Crippen molar-refractivity contribution in [1.29, 1.82) is 5.41 Å². The third kappa shape index (κ3) is 3.79. The van der Waals surface area contributed by atoms with Crippen molar-refractivity contribution in [1.82, 2.24) is 14.8 Å². The summed E-state index contributed by atoms with van der Waals surface area (Å²) >= 11 is 3.46. The molecule has 3 aromatic rings. The molecule has 0 atom stereocenters. The zero-order valence-corrected chi connectivity index (χ0v) is 16.0. The molecule has 2 N–H and O–H groups in total. The molecule has 5 nitrogen and oxygen atoms in total. The van der Waals surface area contributed by atoms with E-state index < -0.39 is 0 Å². The van der Waals surface area contributed by atoms with Crippen LogP contribution in [0.1, 0.15) is 26.3 Å². The van der Waals surface area contributed by atoms with Gasteiger partial charge in [0.05, 0.1) is 23.3 Å². The Labute approximate surface area is 155 Å². The van der Waals surface area contributed by atoms with Crippen LogP contribution in [0.15, 0.2) is 53.1 Å². The van der Waals surface area contributed by atoms with Gasteiger partial charge in [0.25, 0.3) is 0 Å². The molecule has 1 aromatic carbocycles. The molecule has 0 radical (unpaired) electrons. The number of halogens is 1. The Bertz CT molecular complexity index is 896. The number of hydrogen-bond acceptors (Lipinski definition) is 4. The van der Waals surface area contributed by atoms with Gasteiger partial charge in [-0.1, -0.05) is 15.9 Å². The van der Waals surface area contributed by atoms with Crippen molar-refractivity contribution >= 4 is 27.5 Å². The van der Waals surface area contributed by atoms with Crippen LogP contribution in [-0.4, -0.2) is 26.5 Å². The van der Waals surface area contributed by atoms with Crippen molar-refractivity contribution in [3.05, 3.63) is 58.7 Å². The van der Waals surface area contributed by atoms with E-state index in [9.17, 15) is 0 Å². The van der Waals surface area contributed by atoms with Gasteiger partial charge in [0, 0.05) is 21.8 Å². The minimum absolute atomic E-state index is 0.234. The quantitative estimate of drug-likeness (QED) is 0.601. The Morgan fingerprint density at radius 2 is 1.84 bits per heavy atom. The fourth-order valence-electron chi connectivity index (χ4n) is 2.57. The number of rotatable bonds is 5. The average molecular weight is 398 g/mol. The Hall–Kier alpha value is -2.47. The minimum Gasteiger partial charge on any atom is -0.367 e. The maximum absolute atomic E-state index is 7.96. The second-order valence-corrected chi connectivity index (χ2v) is 7.04. The summed E-state index contributed by atoms with van der Waals surface area (Å²) in [5, 5.41) is 15.7. The van der Waals surface area contributed by atoms with Crippen molar-refractivity contribution in [3.8, 4) is 17.1 Å². The van der Waals surface area contributed by atoms with Crippen LogP contribution in [0, 0.1) is 5.41 Å². The number of anilines is 1. The van der Waals surface area contributed by atoms with E-state index in [2.05, 4.69) is 40.2 Å². The predicted octanol–water partition coefficient (Wildman–Crippen LogP) is 4.90. The van der Waals surface area contributed by atoms with Crippen LogP contribution in [0.3, 0.4) is 0 Å². The molecule has 0 bridgehead atoms. The number of pyridine rings is 1. The highest BCUT2D eigenvalue weighted by Crippen LogP contribution is 2.25. The monoisotopic (exact) mass is 397 g/mol. The summed E-state index contributed by atoms with van der Waals surface area (Å²) < 4.78 is 2.89. The van der Waals surface area contributed by atoms with E-state index in [1.807, 2.05) is 47.1 Å². The summed E-state index contributed by atoms with van der Waals surface area (Å²) in [6, 6.07) is 14.0. The molecule has 0 saturated carbocycles. The van der Waals surface area contributed by atoms with Crippen LogP contribution in [0.4, 0.5) is 5.82 Å². The van der Waals surface area contributed by atoms with Gasteiger partial charge in [-0.2, -0.15) is 5.10 Å². The van der Waals surface area contributed by atoms with E-state index in [0.29, 0.717) is 5.71 Å². The van der Waals surface area contributed by atoms with Gasteiger partial charge in [0.1, 0.15) is 5.82 Å². The molecule has 0 amide bonds. The van der Waals surface area contributed by atoms with Crippen LogP contribution < -0.4 is 5.32 Å². The fraction of sp³-hybridized carbons (Fsp3) is 0.211. The summed E-state index contributed by atoms with van der Waals surface area (Å²) in [6.45, 7) is 5.89. The van der Waals surface area contributed by atoms with E-state index in [0.717, 1.165) is 32.9 Å². The van der Waals surface area contributed by atoms with E-state index >= 15 is 0 Å². The van der Waals surface area contributed by atoms with Gasteiger partial charge in [-0.15, -0.1) is 0 Å². The first-order valence-electron chi connectivity index (χ1n) is 8.09. The predicted molar refractivity (Wildman–Crippen MR) is 106 cm³/mol. The molecule has 0 spiro atoms. The van der Waals surface area contributed by atoms with Gasteiger partial charge in [-0.3, -0.25) is 0 Å². The molecule has 25 heavy (non-hydrogen) atoms. The summed E-state index contributed by atoms with van der Waals surface area (Å²) in [4.78, 5) is 4.76. The fourth-order valence-corrected chi connectivity index (χ4v) is 2.84. The lowest BCUT2D eigenvalue weighted by atomic mass is 10.1. The first-order valence-corrected chi connectivity index (χ1v) is 8.88. The second-order valence-electron chi connectivity index (χ2n) is 6.12. The average Bonchev–Trinajstić information content (AvgIpc) is 3.04. The zero-order chi connectivity index (χ0) is 18.0. The molecule has 0 aliphatic heterocycles. The molecule has 0 saturated heterocycles. The van der Waals surface area contributed by atoms with Crippen molar-refractivity contribution in [2.45, 2.75) is 26.8 Å². The van der Waals surface area contributed by atoms with Gasteiger partial charge in [0.15, 0.2) is 0 Å². The molecule has 6 heteroatoms. The van der Waals surface area contributed by atoms with Gasteiger partial charge in [-0.25, -0.2) is 9.67 Å². The molecule has 128 valence electrons. The SMILES string of the molecule is CC(=N)c1ccc(-c2ccnn2-c2ccc(Br)cc2)nc1NC(C)C. The Morgan fingerprint density at radius 1 is 1.12 bits per heavy atom. The molecule has 0 fully saturated rings. The molecule has 2 heterocycles. The molecule has 0 aliphatic rings. The van der Waals surface area contributed by atoms with E-state index in [1.165, 1.54) is 0 Å². The summed E-state index contributed by atoms with van der Waals surface area (Å²) in [6.07, 6.45) is 1.77. The third-order valence-corrected chi connectivity index (χ3v) is 4.23. The van der Waals surface area contributed by atoms with E-state index in [1.54, 1.807) is 13.1 Å². The molecular weight excluding hydrogens is 378 g/mol. The highest BCUT2D eigenvalue weighted by molar-refractivity contribution is 9.10. The summed E-state index contributed by atoms with van der Waals surface area (Å²) in [7, 11) is 0. The van der Waals surface area contributed by atoms with Crippen LogP contribution in [0.25, 0.3) is 17.1 Å². The Balaban J connectivity index is 2.07. The zero-order valence-electron chi connectivity index (χ0n) is 14.4. The number of nitrogens with one attached hydrogen (secondary N) is 2. The lowest BCUT2D eigenvalue weighted by Crippen LogP contribution is -2.15. The minimum atomic E-state index is 0.234. The van der Waals surface area contributed by atoms with Gasteiger partial charge < -0.3 is 10.7 Å². The van der Waals surface area contributed by atoms with Crippen LogP contribution in [0.2, 0.25) is 0 Å². The number of hydrogen-bond donors (Lipinski definition) is 2. The van der Waals surface area contributed by atoms with Gasteiger partial charge in [-0.05, 0) is 63.2 Å². The van der Waals surface area contributed by atoms with E-state index in [4.69, 9.17) is 10.4 Å². The summed E-state index contributed by atoms with van der Waals surface area (Å²) in [5.74, 6) is 0.726. The second kappa shape index (κ2) is 7.19. The first kappa shape index (κ1) is 17.4. The van der Waals surface area contributed by atoms with Crippen molar-refractivity contribution in [3.63, 3.8) is 0 Å². The Morgan fingerprint density at radius 3 is 2.48 bits per heavy atom. The Kier molecular flexibility index (Phi) is 4.99. The molecule has 3 rings (SSSR count). The lowest BCUT2D eigenvalue weighted by Gasteiger charge is -2.15. The smallest absolute Gasteiger partial charge is 0.136 e. The van der Waals surface area contributed by atoms with Crippen LogP contribution in [-0.2, 0) is 0 Å². The molecule has 2 aromatic heterocycles. The number of aromatic nitrogens is 3. The molecular formula is C19H20BrN5. The van der Waals surface area contributed by atoms with Gasteiger partial charge >= 0.3 is 0 Å². The summed E-state index contributed by atoms with van der Waals surface area (Å²) in [5.41, 5.74) is 3.99. The standard InChI is InChI=1S/C19H20BrN5/c1-12(2)23-19-16(13(3)21)8-9-17(24-19)18-10-11-22-25(18)15-6-4-14(20)5-7-15/h4-12,21H,1-3H3,(H,23,24). The third-order valence-electron chi connectivity index (χ3n) is 3.70. The van der Waals surface area contributed by atoms with Crippen LogP contribution in [0.5, 0.6) is 0 Å². The van der Waals surface area contributed by atoms with Crippen molar-refractivity contribution < 1.29 is 0 Å². The number of nitrogens with zero attached hydrogens (tertiary/aromatic N) is 3. The highest BCUT2D eigenvalue weighted by atomic mass is 79.9. The molecule has 0 unspecified atom stereocenters. The topological polar surface area (TPSA) is 66.6 Å². The maximum atomic E-state index is 7.96. The van der Waals surface area contributed by atoms with Crippen LogP contribution >= 0.6 is 15.9 Å². The van der Waals surface area contributed by atoms with Crippen molar-refractivity contribution in [2.24, 2.45) is 0 Å². The molecule has 0 aliphatic carbocycles. The van der Waals surface area contributed by atoms with Crippen molar-refractivity contribution in [2.75, 3.05) is 5.32 Å². The lowest BCUT2D eigenvalue weighted by molar-refractivity contribution is 0.876.